The van der Waals surface area contributed by atoms with Gasteiger partial charge in [-0.05, 0) is 35.9 Å². The van der Waals surface area contributed by atoms with Crippen LogP contribution in [0.2, 0.25) is 0 Å². The van der Waals surface area contributed by atoms with Crippen LogP contribution in [0.5, 0.6) is 0 Å². The van der Waals surface area contributed by atoms with Gasteiger partial charge in [-0.2, -0.15) is 0 Å². The Morgan fingerprint density at radius 1 is 0.600 bits per heavy atom. The zero-order chi connectivity index (χ0) is 17.1. The lowest BCUT2D eigenvalue weighted by atomic mass is 9.99. The van der Waals surface area contributed by atoms with Gasteiger partial charge in [0.2, 0.25) is 0 Å². The van der Waals surface area contributed by atoms with Crippen molar-refractivity contribution in [1.29, 1.82) is 0 Å². The maximum absolute atomic E-state index is 13.2. The van der Waals surface area contributed by atoms with Gasteiger partial charge in [0.25, 0.3) is 0 Å². The summed E-state index contributed by atoms with van der Waals surface area (Å²) in [5.74, 6) is -0.246. The van der Waals surface area contributed by atoms with E-state index in [1.807, 2.05) is 54.6 Å². The predicted octanol–water partition coefficient (Wildman–Crippen LogP) is 5.62. The summed E-state index contributed by atoms with van der Waals surface area (Å²) >= 11 is 0. The summed E-state index contributed by atoms with van der Waals surface area (Å²) in [5, 5.41) is 0. The van der Waals surface area contributed by atoms with Crippen LogP contribution in [0, 0.1) is 5.82 Å². The number of benzene rings is 2. The number of nitrogens with zero attached hydrogens (tertiary/aromatic N) is 2. The number of rotatable bonds is 3. The zero-order valence-corrected chi connectivity index (χ0v) is 13.4. The molecular formula is C22H15FN2. The van der Waals surface area contributed by atoms with Gasteiger partial charge in [0, 0.05) is 29.1 Å². The fraction of sp³-hybridized carbons (Fsp3) is 0. The van der Waals surface area contributed by atoms with Crippen molar-refractivity contribution in [3.63, 3.8) is 0 Å². The van der Waals surface area contributed by atoms with E-state index in [2.05, 4.69) is 9.97 Å². The first-order valence-corrected chi connectivity index (χ1v) is 8.04. The molecule has 2 nitrogen and oxygen atoms in total. The Hall–Kier alpha value is -3.33. The van der Waals surface area contributed by atoms with Crippen LogP contribution in [0.4, 0.5) is 4.39 Å². The summed E-state index contributed by atoms with van der Waals surface area (Å²) in [4.78, 5) is 9.03. The smallest absolute Gasteiger partial charge is 0.123 e. The highest BCUT2D eigenvalue weighted by Gasteiger charge is 2.10. The van der Waals surface area contributed by atoms with Crippen LogP contribution in [0.3, 0.4) is 0 Å². The van der Waals surface area contributed by atoms with E-state index < -0.39 is 0 Å². The van der Waals surface area contributed by atoms with E-state index in [0.29, 0.717) is 0 Å². The molecule has 0 aliphatic carbocycles. The van der Waals surface area contributed by atoms with Gasteiger partial charge in [0.15, 0.2) is 0 Å². The molecule has 0 saturated heterocycles. The topological polar surface area (TPSA) is 25.8 Å². The molecule has 0 aliphatic heterocycles. The molecule has 0 N–H and O–H groups in total. The second kappa shape index (κ2) is 6.65. The van der Waals surface area contributed by atoms with E-state index in [1.54, 1.807) is 24.5 Å². The SMILES string of the molecule is Fc1ccc(-c2cccnc2-c2ccnc(-c3ccccc3)c2)cc1. The number of pyridine rings is 2. The molecule has 0 fully saturated rings. The molecule has 2 aromatic carbocycles. The van der Waals surface area contributed by atoms with Gasteiger partial charge in [0.05, 0.1) is 11.4 Å². The van der Waals surface area contributed by atoms with E-state index in [0.717, 1.165) is 33.6 Å². The van der Waals surface area contributed by atoms with E-state index in [-0.39, 0.29) is 5.82 Å². The molecule has 2 aromatic heterocycles. The highest BCUT2D eigenvalue weighted by molar-refractivity contribution is 5.81. The van der Waals surface area contributed by atoms with E-state index in [1.165, 1.54) is 12.1 Å². The monoisotopic (exact) mass is 326 g/mol. The molecule has 25 heavy (non-hydrogen) atoms. The first-order chi connectivity index (χ1) is 12.3. The Morgan fingerprint density at radius 2 is 1.40 bits per heavy atom. The Labute approximate surface area is 145 Å². The normalized spacial score (nSPS) is 10.6. The highest BCUT2D eigenvalue weighted by atomic mass is 19.1. The average Bonchev–Trinajstić information content (AvgIpc) is 2.69. The molecule has 0 amide bonds. The number of halogens is 1. The van der Waals surface area contributed by atoms with Crippen LogP contribution in [-0.4, -0.2) is 9.97 Å². The maximum Gasteiger partial charge on any atom is 0.123 e. The quantitative estimate of drug-likeness (QED) is 0.488. The summed E-state index contributed by atoms with van der Waals surface area (Å²) in [6.45, 7) is 0. The summed E-state index contributed by atoms with van der Waals surface area (Å²) in [6, 6.07) is 24.4. The van der Waals surface area contributed by atoms with Crippen molar-refractivity contribution in [2.45, 2.75) is 0 Å². The van der Waals surface area contributed by atoms with Gasteiger partial charge in [-0.15, -0.1) is 0 Å². The highest BCUT2D eigenvalue weighted by Crippen LogP contribution is 2.31. The van der Waals surface area contributed by atoms with E-state index >= 15 is 0 Å². The van der Waals surface area contributed by atoms with Crippen molar-refractivity contribution >= 4 is 0 Å². The molecular weight excluding hydrogens is 311 g/mol. The van der Waals surface area contributed by atoms with E-state index in [9.17, 15) is 4.39 Å². The fourth-order valence-electron chi connectivity index (χ4n) is 2.84. The maximum atomic E-state index is 13.2. The Bertz CT molecular complexity index is 996. The largest absolute Gasteiger partial charge is 0.256 e. The van der Waals surface area contributed by atoms with Crippen LogP contribution in [-0.2, 0) is 0 Å². The molecule has 0 atom stereocenters. The molecule has 0 radical (unpaired) electrons. The molecule has 0 spiro atoms. The lowest BCUT2D eigenvalue weighted by Gasteiger charge is -2.10. The van der Waals surface area contributed by atoms with Crippen molar-refractivity contribution in [3.8, 4) is 33.6 Å². The van der Waals surface area contributed by atoms with Gasteiger partial charge in [-0.1, -0.05) is 48.5 Å². The van der Waals surface area contributed by atoms with Crippen LogP contribution < -0.4 is 0 Å². The lowest BCUT2D eigenvalue weighted by Crippen LogP contribution is -1.91. The van der Waals surface area contributed by atoms with Crippen LogP contribution in [0.15, 0.2) is 91.3 Å². The molecule has 0 bridgehead atoms. The van der Waals surface area contributed by atoms with Gasteiger partial charge in [0.1, 0.15) is 5.82 Å². The van der Waals surface area contributed by atoms with Gasteiger partial charge in [-0.3, -0.25) is 9.97 Å². The number of hydrogen-bond acceptors (Lipinski definition) is 2. The second-order valence-corrected chi connectivity index (χ2v) is 5.70. The fourth-order valence-corrected chi connectivity index (χ4v) is 2.84. The number of hydrogen-bond donors (Lipinski definition) is 0. The summed E-state index contributed by atoms with van der Waals surface area (Å²) in [5.41, 5.74) is 5.69. The molecule has 4 rings (SSSR count). The lowest BCUT2D eigenvalue weighted by molar-refractivity contribution is 0.628. The third kappa shape index (κ3) is 3.17. The van der Waals surface area contributed by atoms with Gasteiger partial charge < -0.3 is 0 Å². The third-order valence-electron chi connectivity index (χ3n) is 4.07. The first-order valence-electron chi connectivity index (χ1n) is 8.04. The first kappa shape index (κ1) is 15.2. The molecule has 2 heterocycles. The average molecular weight is 326 g/mol. The molecule has 0 aliphatic rings. The van der Waals surface area contributed by atoms with Crippen molar-refractivity contribution in [3.05, 3.63) is 97.1 Å². The Kier molecular flexibility index (Phi) is 4.05. The molecule has 0 unspecified atom stereocenters. The Balaban J connectivity index is 1.82. The zero-order valence-electron chi connectivity index (χ0n) is 13.4. The minimum atomic E-state index is -0.246. The number of aromatic nitrogens is 2. The van der Waals surface area contributed by atoms with Crippen molar-refractivity contribution < 1.29 is 4.39 Å². The molecule has 4 aromatic rings. The van der Waals surface area contributed by atoms with Gasteiger partial charge in [-0.25, -0.2) is 4.39 Å². The summed E-state index contributed by atoms with van der Waals surface area (Å²) in [6.07, 6.45) is 3.56. The Morgan fingerprint density at radius 3 is 2.20 bits per heavy atom. The van der Waals surface area contributed by atoms with Gasteiger partial charge >= 0.3 is 0 Å². The third-order valence-corrected chi connectivity index (χ3v) is 4.07. The van der Waals surface area contributed by atoms with Crippen molar-refractivity contribution in [1.82, 2.24) is 9.97 Å². The van der Waals surface area contributed by atoms with E-state index in [4.69, 9.17) is 0 Å². The van der Waals surface area contributed by atoms with Crippen LogP contribution >= 0.6 is 0 Å². The minimum absolute atomic E-state index is 0.246. The standard InChI is InChI=1S/C22H15FN2/c23-19-10-8-16(9-11-19)20-7-4-13-25-22(20)18-12-14-24-21(15-18)17-5-2-1-3-6-17/h1-15H. The molecule has 120 valence electrons. The second-order valence-electron chi connectivity index (χ2n) is 5.70. The minimum Gasteiger partial charge on any atom is -0.256 e. The van der Waals surface area contributed by atoms with Crippen molar-refractivity contribution in [2.75, 3.05) is 0 Å². The van der Waals surface area contributed by atoms with Crippen molar-refractivity contribution in [2.24, 2.45) is 0 Å². The van der Waals surface area contributed by atoms with Crippen LogP contribution in [0.1, 0.15) is 0 Å². The molecule has 0 saturated carbocycles. The molecule has 3 heteroatoms. The summed E-state index contributed by atoms with van der Waals surface area (Å²) in [7, 11) is 0. The van der Waals surface area contributed by atoms with Crippen LogP contribution in [0.25, 0.3) is 33.6 Å². The summed E-state index contributed by atoms with van der Waals surface area (Å²) < 4.78 is 13.2. The predicted molar refractivity (Wildman–Crippen MR) is 98.3 cm³/mol.